The van der Waals surface area contributed by atoms with Gasteiger partial charge in [0.15, 0.2) is 6.54 Å². The van der Waals surface area contributed by atoms with Crippen molar-refractivity contribution in [3.8, 4) is 0 Å². The second kappa shape index (κ2) is 8.30. The first kappa shape index (κ1) is 17.7. The fraction of sp³-hybridized carbons (Fsp3) is 0.409. The van der Waals surface area contributed by atoms with E-state index in [1.165, 1.54) is 35.3 Å². The van der Waals surface area contributed by atoms with E-state index in [9.17, 15) is 4.79 Å². The normalized spacial score (nSPS) is 20.2. The Balaban J connectivity index is 1.45. The van der Waals surface area contributed by atoms with Gasteiger partial charge in [0, 0.05) is 5.69 Å². The summed E-state index contributed by atoms with van der Waals surface area (Å²) >= 11 is 0. The molecule has 0 radical (unpaired) electrons. The van der Waals surface area contributed by atoms with Gasteiger partial charge < -0.3 is 10.2 Å². The molecule has 0 aromatic heterocycles. The highest BCUT2D eigenvalue weighted by molar-refractivity contribution is 5.92. The van der Waals surface area contributed by atoms with Gasteiger partial charge in [-0.3, -0.25) is 4.79 Å². The van der Waals surface area contributed by atoms with Gasteiger partial charge in [-0.25, -0.2) is 0 Å². The van der Waals surface area contributed by atoms with Crippen LogP contribution in [0.15, 0.2) is 48.5 Å². The fourth-order valence-corrected chi connectivity index (χ4v) is 3.71. The standard InChI is InChI=1S/C22H28N2O/c1-17-8-9-18(2)21(14-17)23-22(25)16-24-12-10-20(11-13-24)15-19-6-4-3-5-7-19/h3-9,14,20H,10-13,15-16H2,1-2H3,(H,23,25)/p+1. The van der Waals surface area contributed by atoms with Crippen molar-refractivity contribution in [3.05, 3.63) is 65.2 Å². The zero-order chi connectivity index (χ0) is 17.6. The van der Waals surface area contributed by atoms with Gasteiger partial charge in [-0.1, -0.05) is 42.5 Å². The molecule has 2 aromatic rings. The maximum Gasteiger partial charge on any atom is 0.279 e. The summed E-state index contributed by atoms with van der Waals surface area (Å²) in [5.74, 6) is 0.887. The van der Waals surface area contributed by atoms with Gasteiger partial charge in [0.25, 0.3) is 5.91 Å². The molecule has 0 spiro atoms. The number of nitrogens with one attached hydrogen (secondary N) is 2. The van der Waals surface area contributed by atoms with Crippen molar-refractivity contribution in [1.82, 2.24) is 0 Å². The van der Waals surface area contributed by atoms with E-state index >= 15 is 0 Å². The maximum atomic E-state index is 12.4. The molecule has 1 heterocycles. The summed E-state index contributed by atoms with van der Waals surface area (Å²) in [6, 6.07) is 16.9. The second-order valence-electron chi connectivity index (χ2n) is 7.43. The molecular formula is C22H29N2O+. The minimum Gasteiger partial charge on any atom is -0.327 e. The van der Waals surface area contributed by atoms with Crippen LogP contribution in [0.2, 0.25) is 0 Å². The number of carbonyl (C=O) groups excluding carboxylic acids is 1. The van der Waals surface area contributed by atoms with E-state index in [1.807, 2.05) is 6.92 Å². The van der Waals surface area contributed by atoms with Crippen molar-refractivity contribution < 1.29 is 9.69 Å². The van der Waals surface area contributed by atoms with Crippen LogP contribution < -0.4 is 10.2 Å². The molecule has 2 N–H and O–H groups in total. The molecule has 1 fully saturated rings. The zero-order valence-corrected chi connectivity index (χ0v) is 15.3. The molecule has 0 aliphatic carbocycles. The van der Waals surface area contributed by atoms with Crippen LogP contribution in [-0.4, -0.2) is 25.5 Å². The quantitative estimate of drug-likeness (QED) is 0.864. The van der Waals surface area contributed by atoms with Crippen LogP contribution in [0, 0.1) is 19.8 Å². The third-order valence-corrected chi connectivity index (χ3v) is 5.26. The Labute approximate surface area is 151 Å². The Morgan fingerprint density at radius 3 is 2.52 bits per heavy atom. The van der Waals surface area contributed by atoms with Gasteiger partial charge in [-0.05, 0) is 61.8 Å². The number of amides is 1. The van der Waals surface area contributed by atoms with Gasteiger partial charge in [0.1, 0.15) is 0 Å². The van der Waals surface area contributed by atoms with E-state index in [0.717, 1.165) is 30.3 Å². The SMILES string of the molecule is Cc1ccc(C)c(NC(=O)C[NH+]2CCC(Cc3ccccc3)CC2)c1. The summed E-state index contributed by atoms with van der Waals surface area (Å²) in [5.41, 5.74) is 4.68. The molecule has 3 nitrogen and oxygen atoms in total. The van der Waals surface area contributed by atoms with E-state index in [2.05, 4.69) is 60.8 Å². The van der Waals surface area contributed by atoms with Crippen molar-refractivity contribution in [2.75, 3.05) is 25.0 Å². The van der Waals surface area contributed by atoms with Crippen molar-refractivity contribution >= 4 is 11.6 Å². The van der Waals surface area contributed by atoms with Crippen LogP contribution in [0.1, 0.15) is 29.5 Å². The van der Waals surface area contributed by atoms with Crippen LogP contribution in [0.4, 0.5) is 5.69 Å². The number of quaternary nitrogens is 1. The number of hydrogen-bond acceptors (Lipinski definition) is 1. The Morgan fingerprint density at radius 2 is 1.80 bits per heavy atom. The Hall–Kier alpha value is -2.13. The van der Waals surface area contributed by atoms with Gasteiger partial charge in [-0.2, -0.15) is 0 Å². The topological polar surface area (TPSA) is 33.5 Å². The number of anilines is 1. The molecule has 1 amide bonds. The van der Waals surface area contributed by atoms with Crippen molar-refractivity contribution in [2.45, 2.75) is 33.1 Å². The average Bonchev–Trinajstić information content (AvgIpc) is 2.61. The summed E-state index contributed by atoms with van der Waals surface area (Å²) in [6.45, 7) is 6.86. The number of hydrogen-bond donors (Lipinski definition) is 2. The largest absolute Gasteiger partial charge is 0.327 e. The molecule has 25 heavy (non-hydrogen) atoms. The van der Waals surface area contributed by atoms with E-state index in [4.69, 9.17) is 0 Å². The molecule has 1 aliphatic heterocycles. The Morgan fingerprint density at radius 1 is 1.08 bits per heavy atom. The summed E-state index contributed by atoms with van der Waals surface area (Å²) in [7, 11) is 0. The van der Waals surface area contributed by atoms with Crippen molar-refractivity contribution in [3.63, 3.8) is 0 Å². The summed E-state index contributed by atoms with van der Waals surface area (Å²) in [5, 5.41) is 3.09. The van der Waals surface area contributed by atoms with Gasteiger partial charge >= 0.3 is 0 Å². The molecule has 1 saturated heterocycles. The summed E-state index contributed by atoms with van der Waals surface area (Å²) in [4.78, 5) is 13.8. The molecule has 0 saturated carbocycles. The van der Waals surface area contributed by atoms with E-state index in [-0.39, 0.29) is 5.91 Å². The maximum absolute atomic E-state index is 12.4. The number of likely N-dealkylation sites (tertiary alicyclic amines) is 1. The molecule has 132 valence electrons. The lowest BCUT2D eigenvalue weighted by Crippen LogP contribution is -3.14. The van der Waals surface area contributed by atoms with Crippen LogP contribution in [0.5, 0.6) is 0 Å². The minimum atomic E-state index is 0.130. The Kier molecular flexibility index (Phi) is 5.87. The van der Waals surface area contributed by atoms with Crippen LogP contribution in [-0.2, 0) is 11.2 Å². The summed E-state index contributed by atoms with van der Waals surface area (Å²) < 4.78 is 0. The van der Waals surface area contributed by atoms with Gasteiger partial charge in [0.05, 0.1) is 13.1 Å². The smallest absolute Gasteiger partial charge is 0.279 e. The summed E-state index contributed by atoms with van der Waals surface area (Å²) in [6.07, 6.45) is 3.59. The lowest BCUT2D eigenvalue weighted by Gasteiger charge is -2.29. The highest BCUT2D eigenvalue weighted by Gasteiger charge is 2.24. The predicted octanol–water partition coefficient (Wildman–Crippen LogP) is 2.78. The molecule has 1 aliphatic rings. The zero-order valence-electron chi connectivity index (χ0n) is 15.3. The number of benzene rings is 2. The van der Waals surface area contributed by atoms with Crippen LogP contribution in [0.25, 0.3) is 0 Å². The lowest BCUT2D eigenvalue weighted by atomic mass is 9.90. The molecular weight excluding hydrogens is 308 g/mol. The molecule has 0 unspecified atom stereocenters. The van der Waals surface area contributed by atoms with Crippen molar-refractivity contribution in [1.29, 1.82) is 0 Å². The fourth-order valence-electron chi connectivity index (χ4n) is 3.71. The van der Waals surface area contributed by atoms with E-state index in [1.54, 1.807) is 0 Å². The van der Waals surface area contributed by atoms with Gasteiger partial charge in [0.2, 0.25) is 0 Å². The number of rotatable bonds is 5. The van der Waals surface area contributed by atoms with Crippen molar-refractivity contribution in [2.24, 2.45) is 5.92 Å². The van der Waals surface area contributed by atoms with Crippen LogP contribution >= 0.6 is 0 Å². The lowest BCUT2D eigenvalue weighted by molar-refractivity contribution is -0.898. The first-order chi connectivity index (χ1) is 12.1. The minimum absolute atomic E-state index is 0.130. The predicted molar refractivity (Wildman–Crippen MR) is 103 cm³/mol. The number of piperidine rings is 1. The van der Waals surface area contributed by atoms with E-state index in [0.29, 0.717) is 6.54 Å². The third kappa shape index (κ3) is 5.17. The Bertz CT molecular complexity index is 703. The highest BCUT2D eigenvalue weighted by atomic mass is 16.2. The first-order valence-corrected chi connectivity index (χ1v) is 9.35. The van der Waals surface area contributed by atoms with Crippen LogP contribution in [0.3, 0.4) is 0 Å². The molecule has 2 aromatic carbocycles. The highest BCUT2D eigenvalue weighted by Crippen LogP contribution is 2.17. The third-order valence-electron chi connectivity index (χ3n) is 5.26. The molecule has 3 heteroatoms. The second-order valence-corrected chi connectivity index (χ2v) is 7.43. The molecule has 0 bridgehead atoms. The number of aryl methyl sites for hydroxylation is 2. The first-order valence-electron chi connectivity index (χ1n) is 9.35. The van der Waals surface area contributed by atoms with E-state index < -0.39 is 0 Å². The monoisotopic (exact) mass is 337 g/mol. The van der Waals surface area contributed by atoms with Gasteiger partial charge in [-0.15, -0.1) is 0 Å². The number of carbonyl (C=O) groups is 1. The molecule has 3 rings (SSSR count). The molecule has 0 atom stereocenters. The average molecular weight is 337 g/mol.